The van der Waals surface area contributed by atoms with Crippen LogP contribution in [0.25, 0.3) is 11.1 Å². The number of carbonyl (C=O) groups is 1. The van der Waals surface area contributed by atoms with Gasteiger partial charge in [-0.25, -0.2) is 4.98 Å². The van der Waals surface area contributed by atoms with Crippen molar-refractivity contribution < 1.29 is 19.0 Å². The van der Waals surface area contributed by atoms with E-state index in [0.717, 1.165) is 16.7 Å². The molecule has 0 radical (unpaired) electrons. The number of aromatic nitrogens is 1. The standard InChI is InChI=1S/C22H18N2O4/c25-22(16-6-7-19-20(12-16)28-14-27-19)24-10-11-26-21-18(13-24)17(8-9-23-21)15-4-2-1-3-5-15/h1-9,12H,10-11,13-14H2. The van der Waals surface area contributed by atoms with Gasteiger partial charge in [-0.15, -0.1) is 0 Å². The van der Waals surface area contributed by atoms with E-state index in [9.17, 15) is 4.79 Å². The van der Waals surface area contributed by atoms with Gasteiger partial charge in [0.05, 0.1) is 13.1 Å². The zero-order valence-corrected chi connectivity index (χ0v) is 15.1. The van der Waals surface area contributed by atoms with Gasteiger partial charge in [0.1, 0.15) is 6.61 Å². The Labute approximate surface area is 162 Å². The number of carbonyl (C=O) groups excluding carboxylic acids is 1. The van der Waals surface area contributed by atoms with Gasteiger partial charge in [0, 0.05) is 17.3 Å². The van der Waals surface area contributed by atoms with Gasteiger partial charge in [0.15, 0.2) is 11.5 Å². The number of benzene rings is 2. The quantitative estimate of drug-likeness (QED) is 0.687. The van der Waals surface area contributed by atoms with Gasteiger partial charge >= 0.3 is 0 Å². The summed E-state index contributed by atoms with van der Waals surface area (Å²) in [5, 5.41) is 0. The molecule has 3 aromatic rings. The van der Waals surface area contributed by atoms with Gasteiger partial charge < -0.3 is 19.1 Å². The van der Waals surface area contributed by atoms with Gasteiger partial charge in [0.25, 0.3) is 5.91 Å². The molecule has 0 fully saturated rings. The Morgan fingerprint density at radius 1 is 0.964 bits per heavy atom. The van der Waals surface area contributed by atoms with Crippen LogP contribution in [0.1, 0.15) is 15.9 Å². The van der Waals surface area contributed by atoms with E-state index in [-0.39, 0.29) is 12.7 Å². The van der Waals surface area contributed by atoms with Crippen molar-refractivity contribution in [1.29, 1.82) is 0 Å². The molecule has 3 heterocycles. The highest BCUT2D eigenvalue weighted by Gasteiger charge is 2.25. The van der Waals surface area contributed by atoms with Crippen molar-refractivity contribution in [3.05, 3.63) is 71.9 Å². The van der Waals surface area contributed by atoms with E-state index >= 15 is 0 Å². The number of hydrogen-bond donors (Lipinski definition) is 0. The van der Waals surface area contributed by atoms with Crippen molar-refractivity contribution in [2.24, 2.45) is 0 Å². The Kier molecular flexibility index (Phi) is 4.09. The molecule has 0 aliphatic carbocycles. The Hall–Kier alpha value is -3.54. The number of pyridine rings is 1. The molecule has 0 spiro atoms. The van der Waals surface area contributed by atoms with E-state index in [0.29, 0.717) is 42.6 Å². The maximum atomic E-state index is 13.2. The summed E-state index contributed by atoms with van der Waals surface area (Å²) in [6.07, 6.45) is 1.75. The predicted molar refractivity (Wildman–Crippen MR) is 102 cm³/mol. The lowest BCUT2D eigenvalue weighted by Gasteiger charge is -2.21. The van der Waals surface area contributed by atoms with Gasteiger partial charge in [-0.1, -0.05) is 30.3 Å². The van der Waals surface area contributed by atoms with Crippen LogP contribution in [0.5, 0.6) is 17.4 Å². The third-order valence-corrected chi connectivity index (χ3v) is 4.96. The highest BCUT2D eigenvalue weighted by Crippen LogP contribution is 2.34. The second-order valence-electron chi connectivity index (χ2n) is 6.65. The second-order valence-corrected chi connectivity index (χ2v) is 6.65. The van der Waals surface area contributed by atoms with E-state index in [4.69, 9.17) is 14.2 Å². The summed E-state index contributed by atoms with van der Waals surface area (Å²) in [4.78, 5) is 19.3. The first-order valence-electron chi connectivity index (χ1n) is 9.14. The minimum atomic E-state index is -0.0717. The summed E-state index contributed by atoms with van der Waals surface area (Å²) in [7, 11) is 0. The van der Waals surface area contributed by atoms with Crippen molar-refractivity contribution in [3.8, 4) is 28.5 Å². The second kappa shape index (κ2) is 6.88. The minimum Gasteiger partial charge on any atom is -0.476 e. The van der Waals surface area contributed by atoms with Crippen LogP contribution in [0.2, 0.25) is 0 Å². The first kappa shape index (κ1) is 16.6. The van der Waals surface area contributed by atoms with Crippen LogP contribution in [0, 0.1) is 0 Å². The van der Waals surface area contributed by atoms with E-state index in [1.54, 1.807) is 29.3 Å². The lowest BCUT2D eigenvalue weighted by atomic mass is 10.0. The average Bonchev–Trinajstić information content (AvgIpc) is 3.10. The fourth-order valence-corrected chi connectivity index (χ4v) is 3.55. The molecular formula is C22H18N2O4. The van der Waals surface area contributed by atoms with Gasteiger partial charge in [-0.05, 0) is 35.4 Å². The van der Waals surface area contributed by atoms with Crippen molar-refractivity contribution in [2.75, 3.05) is 19.9 Å². The molecule has 0 unspecified atom stereocenters. The zero-order chi connectivity index (χ0) is 18.9. The van der Waals surface area contributed by atoms with Crippen molar-refractivity contribution in [2.45, 2.75) is 6.54 Å². The Bertz CT molecular complexity index is 1040. The molecule has 140 valence electrons. The SMILES string of the molecule is O=C(c1ccc2c(c1)OCO2)N1CCOc2nccc(-c3ccccc3)c2C1. The van der Waals surface area contributed by atoms with Crippen LogP contribution in [-0.4, -0.2) is 35.7 Å². The van der Waals surface area contributed by atoms with Crippen LogP contribution in [-0.2, 0) is 6.54 Å². The molecule has 1 amide bonds. The normalized spacial score (nSPS) is 14.8. The van der Waals surface area contributed by atoms with Crippen LogP contribution in [0.4, 0.5) is 0 Å². The molecule has 6 nitrogen and oxygen atoms in total. The predicted octanol–water partition coefficient (Wildman–Crippen LogP) is 3.51. The van der Waals surface area contributed by atoms with Crippen LogP contribution < -0.4 is 14.2 Å². The molecule has 0 N–H and O–H groups in total. The zero-order valence-electron chi connectivity index (χ0n) is 15.1. The summed E-state index contributed by atoms with van der Waals surface area (Å²) < 4.78 is 16.6. The summed E-state index contributed by atoms with van der Waals surface area (Å²) in [5.41, 5.74) is 3.58. The molecule has 0 atom stereocenters. The van der Waals surface area contributed by atoms with Crippen molar-refractivity contribution in [1.82, 2.24) is 9.88 Å². The number of fused-ring (bicyclic) bond motifs is 2. The molecule has 0 saturated heterocycles. The molecule has 0 saturated carbocycles. The molecule has 6 heteroatoms. The lowest BCUT2D eigenvalue weighted by Crippen LogP contribution is -2.32. The lowest BCUT2D eigenvalue weighted by molar-refractivity contribution is 0.0732. The molecule has 1 aromatic heterocycles. The Morgan fingerprint density at radius 3 is 2.71 bits per heavy atom. The maximum Gasteiger partial charge on any atom is 0.254 e. The Morgan fingerprint density at radius 2 is 1.82 bits per heavy atom. The van der Waals surface area contributed by atoms with Crippen LogP contribution >= 0.6 is 0 Å². The van der Waals surface area contributed by atoms with Crippen LogP contribution in [0.3, 0.4) is 0 Å². The molecule has 2 aromatic carbocycles. The number of amides is 1. The highest BCUT2D eigenvalue weighted by atomic mass is 16.7. The van der Waals surface area contributed by atoms with E-state index in [2.05, 4.69) is 4.98 Å². The molecule has 2 aliphatic heterocycles. The summed E-state index contributed by atoms with van der Waals surface area (Å²) >= 11 is 0. The van der Waals surface area contributed by atoms with E-state index < -0.39 is 0 Å². The smallest absolute Gasteiger partial charge is 0.254 e. The fraction of sp³-hybridized carbons (Fsp3) is 0.182. The van der Waals surface area contributed by atoms with E-state index in [1.165, 1.54) is 0 Å². The van der Waals surface area contributed by atoms with E-state index in [1.807, 2.05) is 36.4 Å². The highest BCUT2D eigenvalue weighted by molar-refractivity contribution is 5.95. The molecule has 5 rings (SSSR count). The summed E-state index contributed by atoms with van der Waals surface area (Å²) in [5.74, 6) is 1.78. The summed E-state index contributed by atoms with van der Waals surface area (Å²) in [6, 6.07) is 17.3. The van der Waals surface area contributed by atoms with Gasteiger partial charge in [0.2, 0.25) is 12.7 Å². The van der Waals surface area contributed by atoms with Gasteiger partial charge in [-0.3, -0.25) is 4.79 Å². The number of rotatable bonds is 2. The monoisotopic (exact) mass is 374 g/mol. The van der Waals surface area contributed by atoms with Crippen LogP contribution in [0.15, 0.2) is 60.8 Å². The average molecular weight is 374 g/mol. The van der Waals surface area contributed by atoms with Gasteiger partial charge in [-0.2, -0.15) is 0 Å². The fourth-order valence-electron chi connectivity index (χ4n) is 3.55. The largest absolute Gasteiger partial charge is 0.476 e. The molecule has 28 heavy (non-hydrogen) atoms. The third kappa shape index (κ3) is 2.93. The molecule has 2 aliphatic rings. The number of nitrogens with zero attached hydrogens (tertiary/aromatic N) is 2. The number of hydrogen-bond acceptors (Lipinski definition) is 5. The number of ether oxygens (including phenoxy) is 3. The molecule has 0 bridgehead atoms. The third-order valence-electron chi connectivity index (χ3n) is 4.96. The topological polar surface area (TPSA) is 60.9 Å². The Balaban J connectivity index is 1.49. The maximum absolute atomic E-state index is 13.2. The molecular weight excluding hydrogens is 356 g/mol. The first-order chi connectivity index (χ1) is 13.8. The van der Waals surface area contributed by atoms with Crippen molar-refractivity contribution in [3.63, 3.8) is 0 Å². The first-order valence-corrected chi connectivity index (χ1v) is 9.14. The minimum absolute atomic E-state index is 0.0717. The van der Waals surface area contributed by atoms with Crippen molar-refractivity contribution >= 4 is 5.91 Å². The summed E-state index contributed by atoms with van der Waals surface area (Å²) in [6.45, 7) is 1.50.